The van der Waals surface area contributed by atoms with Crippen molar-refractivity contribution in [2.45, 2.75) is 18.9 Å². The smallest absolute Gasteiger partial charge is 0.117 e. The minimum absolute atomic E-state index is 0.622. The number of fused-ring (bicyclic) bond motifs is 4. The zero-order chi connectivity index (χ0) is 11.9. The molecule has 1 atom stereocenters. The molecule has 4 heteroatoms. The van der Waals surface area contributed by atoms with Crippen LogP contribution in [-0.4, -0.2) is 34.9 Å². The van der Waals surface area contributed by atoms with Crippen LogP contribution < -0.4 is 5.32 Å². The van der Waals surface area contributed by atoms with E-state index >= 15 is 0 Å². The molecule has 3 nitrogen and oxygen atoms in total. The fourth-order valence-electron chi connectivity index (χ4n) is 3.29. The van der Waals surface area contributed by atoms with E-state index in [-0.39, 0.29) is 0 Å². The van der Waals surface area contributed by atoms with Gasteiger partial charge < -0.3 is 10.2 Å². The fraction of sp³-hybridized carbons (Fsp3) is 0.500. The molecule has 3 fully saturated rings. The Labute approximate surface area is 111 Å². The van der Waals surface area contributed by atoms with E-state index in [4.69, 9.17) is 0 Å². The summed E-state index contributed by atoms with van der Waals surface area (Å²) in [5.41, 5.74) is 1.12. The Morgan fingerprint density at radius 1 is 1.22 bits per heavy atom. The molecule has 3 aliphatic rings. The van der Waals surface area contributed by atoms with Crippen molar-refractivity contribution in [3.05, 3.63) is 24.3 Å². The highest BCUT2D eigenvalue weighted by atomic mass is 32.1. The van der Waals surface area contributed by atoms with Gasteiger partial charge in [-0.3, -0.25) is 0 Å². The highest BCUT2D eigenvalue weighted by Crippen LogP contribution is 2.33. The molecule has 2 bridgehead atoms. The van der Waals surface area contributed by atoms with E-state index in [1.807, 2.05) is 0 Å². The minimum atomic E-state index is 0.622. The van der Waals surface area contributed by atoms with Crippen LogP contribution in [0.5, 0.6) is 0 Å². The van der Waals surface area contributed by atoms with Gasteiger partial charge in [0.15, 0.2) is 0 Å². The molecule has 94 valence electrons. The summed E-state index contributed by atoms with van der Waals surface area (Å²) in [7, 11) is 0. The predicted octanol–water partition coefficient (Wildman–Crippen LogP) is 2.80. The average Bonchev–Trinajstić information content (AvgIpc) is 2.84. The monoisotopic (exact) mass is 259 g/mol. The molecule has 3 aliphatic heterocycles. The summed E-state index contributed by atoms with van der Waals surface area (Å²) in [6.07, 6.45) is 2.71. The Balaban J connectivity index is 1.61. The summed E-state index contributed by atoms with van der Waals surface area (Å²) in [4.78, 5) is 2.58. The van der Waals surface area contributed by atoms with E-state index in [1.165, 1.54) is 42.9 Å². The molecule has 0 amide bonds. The van der Waals surface area contributed by atoms with E-state index in [9.17, 15) is 0 Å². The molecule has 1 aromatic heterocycles. The van der Waals surface area contributed by atoms with Crippen LogP contribution in [0, 0.1) is 5.92 Å². The lowest BCUT2D eigenvalue weighted by molar-refractivity contribution is 0.0977. The molecule has 2 aromatic rings. The normalized spacial score (nSPS) is 30.8. The van der Waals surface area contributed by atoms with E-state index in [0.717, 1.165) is 11.4 Å². The van der Waals surface area contributed by atoms with Crippen LogP contribution in [0.2, 0.25) is 0 Å². The third-order valence-corrected chi connectivity index (χ3v) is 5.16. The highest BCUT2D eigenvalue weighted by Gasteiger charge is 2.34. The maximum Gasteiger partial charge on any atom is 0.117 e. The molecule has 1 unspecified atom stereocenters. The van der Waals surface area contributed by atoms with Gasteiger partial charge in [0.05, 0.1) is 5.52 Å². The van der Waals surface area contributed by atoms with Crippen molar-refractivity contribution in [2.75, 3.05) is 25.0 Å². The molecular formula is C14H17N3S. The first-order chi connectivity index (χ1) is 8.90. The average molecular weight is 259 g/mol. The summed E-state index contributed by atoms with van der Waals surface area (Å²) in [6, 6.07) is 9.03. The van der Waals surface area contributed by atoms with Crippen molar-refractivity contribution in [3.63, 3.8) is 0 Å². The van der Waals surface area contributed by atoms with Crippen molar-refractivity contribution < 1.29 is 0 Å². The van der Waals surface area contributed by atoms with E-state index in [2.05, 4.69) is 38.9 Å². The molecule has 0 saturated carbocycles. The maximum atomic E-state index is 4.51. The van der Waals surface area contributed by atoms with Crippen LogP contribution in [0.25, 0.3) is 10.9 Å². The molecular weight excluding hydrogens is 242 g/mol. The number of nitrogens with zero attached hydrogens (tertiary/aromatic N) is 2. The Kier molecular flexibility index (Phi) is 2.52. The van der Waals surface area contributed by atoms with Crippen LogP contribution >= 0.6 is 11.5 Å². The molecule has 18 heavy (non-hydrogen) atoms. The second-order valence-corrected chi connectivity index (χ2v) is 6.19. The molecule has 0 spiro atoms. The van der Waals surface area contributed by atoms with Gasteiger partial charge in [-0.1, -0.05) is 12.1 Å². The van der Waals surface area contributed by atoms with E-state index < -0.39 is 0 Å². The Bertz CT molecular complexity index is 557. The number of benzene rings is 1. The lowest BCUT2D eigenvalue weighted by atomic mass is 9.84. The number of nitrogens with one attached hydrogen (secondary N) is 1. The second kappa shape index (κ2) is 4.21. The van der Waals surface area contributed by atoms with E-state index in [1.54, 1.807) is 11.5 Å². The highest BCUT2D eigenvalue weighted by molar-refractivity contribution is 7.11. The molecule has 3 saturated heterocycles. The summed E-state index contributed by atoms with van der Waals surface area (Å²) in [6.45, 7) is 3.80. The molecule has 0 radical (unpaired) electrons. The maximum absolute atomic E-state index is 4.51. The van der Waals surface area contributed by atoms with Crippen molar-refractivity contribution >= 4 is 27.4 Å². The van der Waals surface area contributed by atoms with Gasteiger partial charge in [-0.05, 0) is 55.5 Å². The number of piperidine rings is 3. The molecule has 4 heterocycles. The molecule has 1 N–H and O–H groups in total. The molecule has 0 aliphatic carbocycles. The molecule has 1 aromatic carbocycles. The Hall–Kier alpha value is -1.13. The SMILES string of the molecule is c1ccc2c(NC3CN4CCC3CC4)snc2c1. The van der Waals surface area contributed by atoms with Gasteiger partial charge in [0, 0.05) is 18.0 Å². The first kappa shape index (κ1) is 10.8. The number of hydrogen-bond acceptors (Lipinski definition) is 4. The largest absolute Gasteiger partial charge is 0.371 e. The fourth-order valence-corrected chi connectivity index (χ4v) is 4.11. The summed E-state index contributed by atoms with van der Waals surface area (Å²) in [5, 5.41) is 6.28. The standard InChI is InChI=1S/C14H17N3S/c1-2-4-12-11(3-1)14(18-16-12)15-13-9-17-7-5-10(13)6-8-17/h1-4,10,13,15H,5-9H2. The Morgan fingerprint density at radius 2 is 2.06 bits per heavy atom. The first-order valence-corrected chi connectivity index (χ1v) is 7.51. The quantitative estimate of drug-likeness (QED) is 0.899. The van der Waals surface area contributed by atoms with Gasteiger partial charge in [0.25, 0.3) is 0 Å². The summed E-state index contributed by atoms with van der Waals surface area (Å²) >= 11 is 1.60. The van der Waals surface area contributed by atoms with Gasteiger partial charge in [0.2, 0.25) is 0 Å². The van der Waals surface area contributed by atoms with Crippen LogP contribution in [-0.2, 0) is 0 Å². The number of anilines is 1. The number of rotatable bonds is 2. The zero-order valence-electron chi connectivity index (χ0n) is 10.3. The van der Waals surface area contributed by atoms with Gasteiger partial charge >= 0.3 is 0 Å². The lowest BCUT2D eigenvalue weighted by Crippen LogP contribution is -2.53. The van der Waals surface area contributed by atoms with Crippen molar-refractivity contribution in [1.29, 1.82) is 0 Å². The number of aromatic nitrogens is 1. The van der Waals surface area contributed by atoms with Crippen LogP contribution in [0.1, 0.15) is 12.8 Å². The first-order valence-electron chi connectivity index (χ1n) is 6.73. The predicted molar refractivity (Wildman–Crippen MR) is 76.2 cm³/mol. The van der Waals surface area contributed by atoms with Gasteiger partial charge in [0.1, 0.15) is 5.00 Å². The van der Waals surface area contributed by atoms with Crippen LogP contribution in [0.4, 0.5) is 5.00 Å². The third-order valence-electron chi connectivity index (χ3n) is 4.36. The minimum Gasteiger partial charge on any atom is -0.371 e. The van der Waals surface area contributed by atoms with Gasteiger partial charge in [-0.25, -0.2) is 0 Å². The van der Waals surface area contributed by atoms with Crippen molar-refractivity contribution in [2.24, 2.45) is 5.92 Å². The number of hydrogen-bond donors (Lipinski definition) is 1. The van der Waals surface area contributed by atoms with E-state index in [0.29, 0.717) is 6.04 Å². The van der Waals surface area contributed by atoms with Crippen molar-refractivity contribution in [3.8, 4) is 0 Å². The summed E-state index contributed by atoms with van der Waals surface area (Å²) < 4.78 is 4.51. The molecule has 5 rings (SSSR count). The van der Waals surface area contributed by atoms with Gasteiger partial charge in [-0.15, -0.1) is 0 Å². The third kappa shape index (κ3) is 1.71. The van der Waals surface area contributed by atoms with Gasteiger partial charge in [-0.2, -0.15) is 4.37 Å². The summed E-state index contributed by atoms with van der Waals surface area (Å²) in [5.74, 6) is 0.857. The zero-order valence-corrected chi connectivity index (χ0v) is 11.1. The van der Waals surface area contributed by atoms with Crippen LogP contribution in [0.15, 0.2) is 24.3 Å². The Morgan fingerprint density at radius 3 is 2.83 bits per heavy atom. The van der Waals surface area contributed by atoms with Crippen LogP contribution in [0.3, 0.4) is 0 Å². The van der Waals surface area contributed by atoms with Crippen molar-refractivity contribution in [1.82, 2.24) is 9.27 Å². The second-order valence-electron chi connectivity index (χ2n) is 5.42. The lowest BCUT2D eigenvalue weighted by Gasteiger charge is -2.45. The topological polar surface area (TPSA) is 28.2 Å².